The van der Waals surface area contributed by atoms with E-state index in [1.807, 2.05) is 12.1 Å². The lowest BCUT2D eigenvalue weighted by molar-refractivity contribution is 0.894. The molecule has 1 aromatic rings. The van der Waals surface area contributed by atoms with Gasteiger partial charge in [-0.2, -0.15) is 0 Å². The molecule has 1 unspecified atom stereocenters. The molecule has 3 nitrogen and oxygen atoms in total. The fraction of sp³-hybridized carbons (Fsp3) is 0.300. The Bertz CT molecular complexity index is 406. The van der Waals surface area contributed by atoms with Gasteiger partial charge in [-0.25, -0.2) is 0 Å². The predicted octanol–water partition coefficient (Wildman–Crippen LogP) is 2.42. The summed E-state index contributed by atoms with van der Waals surface area (Å²) in [5.41, 5.74) is 6.84. The molecule has 16 heavy (non-hydrogen) atoms. The van der Waals surface area contributed by atoms with E-state index in [-0.39, 0.29) is 18.4 Å². The lowest BCUT2D eigenvalue weighted by atomic mass is 10.1. The molecule has 6 heteroatoms. The highest BCUT2D eigenvalue weighted by Gasteiger charge is 2.19. The van der Waals surface area contributed by atoms with Crippen LogP contribution in [0.4, 0.5) is 0 Å². The van der Waals surface area contributed by atoms with Crippen LogP contribution in [0.3, 0.4) is 0 Å². The number of hydrogen-bond donors (Lipinski definition) is 2. The van der Waals surface area contributed by atoms with Gasteiger partial charge >= 0.3 is 0 Å². The molecule has 2 rings (SSSR count). The Morgan fingerprint density at radius 1 is 1.38 bits per heavy atom. The van der Waals surface area contributed by atoms with Crippen LogP contribution in [0.15, 0.2) is 23.2 Å². The van der Waals surface area contributed by atoms with Crippen LogP contribution in [0.25, 0.3) is 0 Å². The van der Waals surface area contributed by atoms with Crippen LogP contribution in [0.5, 0.6) is 0 Å². The van der Waals surface area contributed by atoms with Crippen molar-refractivity contribution in [1.29, 1.82) is 0 Å². The average molecular weight is 281 g/mol. The molecule has 0 aromatic heterocycles. The van der Waals surface area contributed by atoms with Crippen LogP contribution in [0.1, 0.15) is 11.6 Å². The Morgan fingerprint density at radius 3 is 2.75 bits per heavy atom. The van der Waals surface area contributed by atoms with Crippen LogP contribution < -0.4 is 11.1 Å². The maximum absolute atomic E-state index is 6.07. The number of rotatable bonds is 2. The molecule has 3 N–H and O–H groups in total. The molecule has 0 bridgehead atoms. The largest absolute Gasteiger partial charge is 0.370 e. The predicted molar refractivity (Wildman–Crippen MR) is 70.9 cm³/mol. The lowest BCUT2D eigenvalue weighted by Crippen LogP contribution is -2.31. The van der Waals surface area contributed by atoms with Crippen molar-refractivity contribution in [2.75, 3.05) is 13.1 Å². The first kappa shape index (κ1) is 13.6. The number of benzene rings is 1. The monoisotopic (exact) mass is 279 g/mol. The normalized spacial score (nSPS) is 16.1. The summed E-state index contributed by atoms with van der Waals surface area (Å²) in [6, 6.07) is 5.11. The van der Waals surface area contributed by atoms with E-state index in [9.17, 15) is 0 Å². The number of hydrogen-bond acceptors (Lipinski definition) is 3. The van der Waals surface area contributed by atoms with Crippen molar-refractivity contribution in [2.24, 2.45) is 10.7 Å². The second-order valence-corrected chi connectivity index (χ2v) is 4.10. The zero-order valence-corrected chi connectivity index (χ0v) is 10.7. The molecular weight excluding hydrogens is 268 g/mol. The summed E-state index contributed by atoms with van der Waals surface area (Å²) in [5, 5.41) is 4.14. The smallest absolute Gasteiger partial charge is 0.118 e. The van der Waals surface area contributed by atoms with Gasteiger partial charge in [-0.15, -0.1) is 12.4 Å². The van der Waals surface area contributed by atoms with Crippen molar-refractivity contribution in [3.05, 3.63) is 33.8 Å². The second kappa shape index (κ2) is 5.73. The minimum Gasteiger partial charge on any atom is -0.370 e. The summed E-state index contributed by atoms with van der Waals surface area (Å²) in [6.45, 7) is 1.60. The molecule has 0 fully saturated rings. The van der Waals surface area contributed by atoms with Crippen molar-refractivity contribution in [2.45, 2.75) is 6.04 Å². The van der Waals surface area contributed by atoms with E-state index >= 15 is 0 Å². The van der Waals surface area contributed by atoms with Gasteiger partial charge < -0.3 is 11.1 Å². The van der Waals surface area contributed by atoms with Crippen molar-refractivity contribution >= 4 is 41.4 Å². The zero-order valence-electron chi connectivity index (χ0n) is 8.41. The van der Waals surface area contributed by atoms with Crippen molar-refractivity contribution < 1.29 is 0 Å². The SMILES string of the molecule is Cl.NC(C1=NCCN1)c1cccc(Cl)c1Cl. The van der Waals surface area contributed by atoms with Gasteiger partial charge in [0.05, 0.1) is 22.6 Å². The van der Waals surface area contributed by atoms with Crippen LogP contribution in [0, 0.1) is 0 Å². The van der Waals surface area contributed by atoms with Crippen molar-refractivity contribution in [3.63, 3.8) is 0 Å². The highest BCUT2D eigenvalue weighted by Crippen LogP contribution is 2.29. The first-order valence-electron chi connectivity index (χ1n) is 4.68. The summed E-state index contributed by atoms with van der Waals surface area (Å²) < 4.78 is 0. The zero-order chi connectivity index (χ0) is 10.8. The molecule has 0 radical (unpaired) electrons. The van der Waals surface area contributed by atoms with E-state index in [1.54, 1.807) is 6.07 Å². The molecule has 1 atom stereocenters. The molecule has 0 saturated heterocycles. The topological polar surface area (TPSA) is 50.4 Å². The number of amidine groups is 1. The third kappa shape index (κ3) is 2.61. The molecule has 0 saturated carbocycles. The van der Waals surface area contributed by atoms with E-state index in [4.69, 9.17) is 28.9 Å². The molecule has 1 aliphatic heterocycles. The van der Waals surface area contributed by atoms with E-state index in [1.165, 1.54) is 0 Å². The Balaban J connectivity index is 0.00000128. The van der Waals surface area contributed by atoms with E-state index in [0.29, 0.717) is 10.0 Å². The van der Waals surface area contributed by atoms with Crippen LogP contribution in [-0.2, 0) is 0 Å². The molecule has 88 valence electrons. The highest BCUT2D eigenvalue weighted by molar-refractivity contribution is 6.42. The van der Waals surface area contributed by atoms with Gasteiger partial charge in [0.2, 0.25) is 0 Å². The Labute approximate surface area is 110 Å². The molecule has 1 aliphatic rings. The first-order valence-corrected chi connectivity index (χ1v) is 5.43. The fourth-order valence-electron chi connectivity index (χ4n) is 1.53. The summed E-state index contributed by atoms with van der Waals surface area (Å²) in [4.78, 5) is 4.26. The van der Waals surface area contributed by atoms with Crippen LogP contribution in [-0.4, -0.2) is 18.9 Å². The molecule has 0 amide bonds. The van der Waals surface area contributed by atoms with E-state index < -0.39 is 0 Å². The maximum Gasteiger partial charge on any atom is 0.118 e. The van der Waals surface area contributed by atoms with Crippen molar-refractivity contribution in [3.8, 4) is 0 Å². The van der Waals surface area contributed by atoms with Gasteiger partial charge in [-0.05, 0) is 11.6 Å². The number of nitrogens with one attached hydrogen (secondary N) is 1. The fourth-order valence-corrected chi connectivity index (χ4v) is 1.96. The Morgan fingerprint density at radius 2 is 2.12 bits per heavy atom. The van der Waals surface area contributed by atoms with Gasteiger partial charge in [0.15, 0.2) is 0 Å². The maximum atomic E-state index is 6.07. The summed E-state index contributed by atoms with van der Waals surface area (Å²) in [6.07, 6.45) is 0. The number of nitrogens with zero attached hydrogens (tertiary/aromatic N) is 1. The molecule has 1 heterocycles. The lowest BCUT2D eigenvalue weighted by Gasteiger charge is -2.14. The molecule has 0 aliphatic carbocycles. The van der Waals surface area contributed by atoms with Gasteiger partial charge in [-0.3, -0.25) is 4.99 Å². The van der Waals surface area contributed by atoms with Gasteiger partial charge in [-0.1, -0.05) is 35.3 Å². The number of nitrogens with two attached hydrogens (primary N) is 1. The average Bonchev–Trinajstić information content (AvgIpc) is 2.74. The molecular formula is C10H12Cl3N3. The van der Waals surface area contributed by atoms with Gasteiger partial charge in [0.1, 0.15) is 5.84 Å². The van der Waals surface area contributed by atoms with E-state index in [2.05, 4.69) is 10.3 Å². The third-order valence-electron chi connectivity index (χ3n) is 2.31. The quantitative estimate of drug-likeness (QED) is 0.874. The standard InChI is InChI=1S/C10H11Cl2N3.ClH/c11-7-3-1-2-6(8(7)12)9(13)10-14-4-5-15-10;/h1-3,9H,4-5,13H2,(H,14,15);1H. The summed E-state index contributed by atoms with van der Waals surface area (Å²) in [5.74, 6) is 0.777. The van der Waals surface area contributed by atoms with Gasteiger partial charge in [0.25, 0.3) is 0 Å². The highest BCUT2D eigenvalue weighted by atomic mass is 35.5. The summed E-state index contributed by atoms with van der Waals surface area (Å²) in [7, 11) is 0. The minimum absolute atomic E-state index is 0. The third-order valence-corrected chi connectivity index (χ3v) is 3.14. The summed E-state index contributed by atoms with van der Waals surface area (Å²) >= 11 is 12.0. The number of halogens is 3. The Hall–Kier alpha value is -0.480. The van der Waals surface area contributed by atoms with E-state index in [0.717, 1.165) is 24.5 Å². The molecule has 0 spiro atoms. The number of aliphatic imine (C=N–C) groups is 1. The Kier molecular flexibility index (Phi) is 4.87. The van der Waals surface area contributed by atoms with Crippen molar-refractivity contribution in [1.82, 2.24) is 5.32 Å². The molecule has 1 aromatic carbocycles. The van der Waals surface area contributed by atoms with Crippen LogP contribution in [0.2, 0.25) is 10.0 Å². The minimum atomic E-state index is -0.321. The second-order valence-electron chi connectivity index (χ2n) is 3.31. The van der Waals surface area contributed by atoms with Gasteiger partial charge in [0, 0.05) is 6.54 Å². The first-order chi connectivity index (χ1) is 7.20. The van der Waals surface area contributed by atoms with Crippen LogP contribution >= 0.6 is 35.6 Å².